The van der Waals surface area contributed by atoms with Crippen molar-refractivity contribution in [1.29, 1.82) is 0 Å². The number of nitro groups is 1. The molecule has 86 valence electrons. The Bertz CT molecular complexity index is 436. The zero-order valence-electron chi connectivity index (χ0n) is 7.78. The van der Waals surface area contributed by atoms with Gasteiger partial charge in [-0.2, -0.15) is 0 Å². The largest absolute Gasteiger partial charge is 0.385 e. The van der Waals surface area contributed by atoms with Crippen LogP contribution in [0.15, 0.2) is 17.8 Å². The number of hydrogen-bond acceptors (Lipinski definition) is 3. The monoisotopic (exact) mass is 281 g/mol. The Morgan fingerprint density at radius 1 is 1.38 bits per heavy atom. The summed E-state index contributed by atoms with van der Waals surface area (Å²) in [5.41, 5.74) is -0.139. The van der Waals surface area contributed by atoms with Gasteiger partial charge in [0.25, 0.3) is 5.70 Å². The molecule has 1 aromatic carbocycles. The number of benzene rings is 1. The second kappa shape index (κ2) is 5.50. The van der Waals surface area contributed by atoms with E-state index in [0.717, 1.165) is 6.08 Å². The molecule has 16 heavy (non-hydrogen) atoms. The van der Waals surface area contributed by atoms with Crippen LogP contribution in [0.5, 0.6) is 0 Å². The van der Waals surface area contributed by atoms with Crippen LogP contribution in [-0.2, 0) is 0 Å². The minimum Gasteiger partial charge on any atom is -0.385 e. The van der Waals surface area contributed by atoms with Gasteiger partial charge in [-0.3, -0.25) is 10.1 Å². The maximum atomic E-state index is 10.5. The summed E-state index contributed by atoms with van der Waals surface area (Å²) in [6.45, 7) is -0.706. The third-order valence-electron chi connectivity index (χ3n) is 1.75. The van der Waals surface area contributed by atoms with E-state index in [4.69, 9.17) is 39.9 Å². The lowest BCUT2D eigenvalue weighted by Crippen LogP contribution is -2.03. The highest BCUT2D eigenvalue weighted by Crippen LogP contribution is 2.30. The maximum Gasteiger partial charge on any atom is 0.272 e. The van der Waals surface area contributed by atoms with Crippen LogP contribution in [0.25, 0.3) is 6.08 Å². The molecule has 7 heteroatoms. The Hall–Kier alpha value is -0.810. The predicted octanol–water partition coefficient (Wildman–Crippen LogP) is 3.26. The van der Waals surface area contributed by atoms with Crippen molar-refractivity contribution in [3.8, 4) is 0 Å². The van der Waals surface area contributed by atoms with E-state index in [9.17, 15) is 10.1 Å². The molecule has 1 aromatic rings. The average molecular weight is 283 g/mol. The molecule has 0 aliphatic carbocycles. The van der Waals surface area contributed by atoms with Crippen molar-refractivity contribution in [2.24, 2.45) is 0 Å². The highest BCUT2D eigenvalue weighted by atomic mass is 35.5. The molecular weight excluding hydrogens is 276 g/mol. The van der Waals surface area contributed by atoms with E-state index in [1.165, 1.54) is 12.1 Å². The molecule has 0 bridgehead atoms. The third kappa shape index (κ3) is 3.09. The Kier molecular flexibility index (Phi) is 4.56. The summed E-state index contributed by atoms with van der Waals surface area (Å²) in [6, 6.07) is 2.82. The number of nitrogens with zero attached hydrogens (tertiary/aromatic N) is 1. The van der Waals surface area contributed by atoms with Gasteiger partial charge in [-0.1, -0.05) is 34.8 Å². The molecule has 0 aromatic heterocycles. The second-order valence-electron chi connectivity index (χ2n) is 2.83. The molecule has 0 spiro atoms. The van der Waals surface area contributed by atoms with E-state index in [1.807, 2.05) is 0 Å². The van der Waals surface area contributed by atoms with E-state index in [0.29, 0.717) is 5.02 Å². The highest BCUT2D eigenvalue weighted by molar-refractivity contribution is 6.40. The van der Waals surface area contributed by atoms with Crippen LogP contribution in [-0.4, -0.2) is 16.6 Å². The van der Waals surface area contributed by atoms with E-state index >= 15 is 0 Å². The predicted molar refractivity (Wildman–Crippen MR) is 63.5 cm³/mol. The molecule has 0 unspecified atom stereocenters. The quantitative estimate of drug-likeness (QED) is 0.683. The molecule has 0 amide bonds. The molecule has 4 nitrogen and oxygen atoms in total. The maximum absolute atomic E-state index is 10.5. The first-order chi connectivity index (χ1) is 7.45. The van der Waals surface area contributed by atoms with Crippen LogP contribution < -0.4 is 0 Å². The molecule has 0 radical (unpaired) electrons. The van der Waals surface area contributed by atoms with Gasteiger partial charge >= 0.3 is 0 Å². The summed E-state index contributed by atoms with van der Waals surface area (Å²) in [5, 5.41) is 20.0. The molecule has 0 atom stereocenters. The van der Waals surface area contributed by atoms with Gasteiger partial charge < -0.3 is 5.11 Å². The average Bonchev–Trinajstić information content (AvgIpc) is 2.15. The standard InChI is InChI=1S/C9H6Cl3NO3/c10-5-1-8(11)7(9(12)2-5)3-6(4-14)13(15)16/h1-3,14H,4H2/b6-3-. The van der Waals surface area contributed by atoms with Gasteiger partial charge in [0, 0.05) is 16.7 Å². The first-order valence-corrected chi connectivity index (χ1v) is 5.19. The van der Waals surface area contributed by atoms with E-state index in [2.05, 4.69) is 0 Å². The second-order valence-corrected chi connectivity index (χ2v) is 4.08. The first kappa shape index (κ1) is 13.3. The fourth-order valence-electron chi connectivity index (χ4n) is 1.01. The first-order valence-electron chi connectivity index (χ1n) is 4.06. The molecule has 0 aliphatic rings. The minimum absolute atomic E-state index is 0.185. The van der Waals surface area contributed by atoms with Crippen molar-refractivity contribution in [1.82, 2.24) is 0 Å². The van der Waals surface area contributed by atoms with Crippen molar-refractivity contribution in [3.63, 3.8) is 0 Å². The molecular formula is C9H6Cl3NO3. The van der Waals surface area contributed by atoms with Crippen molar-refractivity contribution in [3.05, 3.63) is 48.6 Å². The summed E-state index contributed by atoms with van der Waals surface area (Å²) in [5.74, 6) is 0. The van der Waals surface area contributed by atoms with Crippen molar-refractivity contribution < 1.29 is 10.0 Å². The SMILES string of the molecule is O=[N+]([O-])/C(=C\c1c(Cl)cc(Cl)cc1Cl)CO. The van der Waals surface area contributed by atoms with Crippen LogP contribution in [0, 0.1) is 10.1 Å². The van der Waals surface area contributed by atoms with Gasteiger partial charge in [0.2, 0.25) is 0 Å². The number of aliphatic hydroxyl groups is 1. The van der Waals surface area contributed by atoms with Crippen molar-refractivity contribution in [2.45, 2.75) is 0 Å². The topological polar surface area (TPSA) is 63.4 Å². The fraction of sp³-hybridized carbons (Fsp3) is 0.111. The smallest absolute Gasteiger partial charge is 0.272 e. The van der Waals surface area contributed by atoms with Gasteiger partial charge in [0.15, 0.2) is 0 Å². The zero-order valence-corrected chi connectivity index (χ0v) is 10.1. The van der Waals surface area contributed by atoms with Gasteiger partial charge in [-0.05, 0) is 12.1 Å². The van der Waals surface area contributed by atoms with E-state index < -0.39 is 17.2 Å². The molecule has 1 rings (SSSR count). The van der Waals surface area contributed by atoms with Crippen molar-refractivity contribution >= 4 is 40.9 Å². The summed E-state index contributed by atoms with van der Waals surface area (Å²) in [4.78, 5) is 9.78. The molecule has 0 aliphatic heterocycles. The van der Waals surface area contributed by atoms with Gasteiger partial charge in [-0.25, -0.2) is 0 Å². The van der Waals surface area contributed by atoms with Crippen LogP contribution in [0.1, 0.15) is 5.56 Å². The summed E-state index contributed by atoms with van der Waals surface area (Å²) < 4.78 is 0. The lowest BCUT2D eigenvalue weighted by atomic mass is 10.2. The van der Waals surface area contributed by atoms with E-state index in [-0.39, 0.29) is 15.6 Å². The Balaban J connectivity index is 3.29. The molecule has 0 heterocycles. The van der Waals surface area contributed by atoms with Crippen LogP contribution in [0.2, 0.25) is 15.1 Å². The third-order valence-corrected chi connectivity index (χ3v) is 2.59. The van der Waals surface area contributed by atoms with Gasteiger partial charge in [0.05, 0.1) is 15.0 Å². The van der Waals surface area contributed by atoms with Crippen molar-refractivity contribution in [2.75, 3.05) is 6.61 Å². The number of halogens is 3. The zero-order chi connectivity index (χ0) is 12.3. The van der Waals surface area contributed by atoms with Gasteiger partial charge in [0.1, 0.15) is 6.61 Å². The number of aliphatic hydroxyl groups excluding tert-OH is 1. The van der Waals surface area contributed by atoms with Crippen LogP contribution >= 0.6 is 34.8 Å². The Labute approximate surface area is 106 Å². The molecule has 0 fully saturated rings. The summed E-state index contributed by atoms with van der Waals surface area (Å²) in [7, 11) is 0. The Morgan fingerprint density at radius 2 is 1.88 bits per heavy atom. The highest BCUT2D eigenvalue weighted by Gasteiger charge is 2.13. The minimum atomic E-state index is -0.707. The molecule has 0 saturated carbocycles. The molecule has 1 N–H and O–H groups in total. The fourth-order valence-corrected chi connectivity index (χ4v) is 1.94. The van der Waals surface area contributed by atoms with Gasteiger partial charge in [-0.15, -0.1) is 0 Å². The lowest BCUT2D eigenvalue weighted by Gasteiger charge is -2.03. The summed E-state index contributed by atoms with van der Waals surface area (Å²) in [6.07, 6.45) is 1.11. The number of rotatable bonds is 3. The van der Waals surface area contributed by atoms with E-state index in [1.54, 1.807) is 0 Å². The molecule has 0 saturated heterocycles. The van der Waals surface area contributed by atoms with Crippen LogP contribution in [0.4, 0.5) is 0 Å². The van der Waals surface area contributed by atoms with Crippen LogP contribution in [0.3, 0.4) is 0 Å². The Morgan fingerprint density at radius 3 is 2.25 bits per heavy atom. The normalized spacial score (nSPS) is 11.6. The number of hydrogen-bond donors (Lipinski definition) is 1. The summed E-state index contributed by atoms with van der Waals surface area (Å²) >= 11 is 17.3. The lowest BCUT2D eigenvalue weighted by molar-refractivity contribution is -0.428.